The van der Waals surface area contributed by atoms with Crippen LogP contribution in [0.5, 0.6) is 0 Å². The van der Waals surface area contributed by atoms with E-state index in [1.54, 1.807) is 5.56 Å². The van der Waals surface area contributed by atoms with Gasteiger partial charge in [0.25, 0.3) is 0 Å². The third-order valence-corrected chi connectivity index (χ3v) is 6.22. The average Bonchev–Trinajstić information content (AvgIpc) is 2.35. The van der Waals surface area contributed by atoms with E-state index in [0.29, 0.717) is 22.9 Å². The molecule has 0 aromatic heterocycles. The van der Waals surface area contributed by atoms with Crippen molar-refractivity contribution in [2.45, 2.75) is 46.2 Å². The van der Waals surface area contributed by atoms with Gasteiger partial charge in [-0.05, 0) is 43.9 Å². The summed E-state index contributed by atoms with van der Waals surface area (Å²) in [5.41, 5.74) is 4.21. The van der Waals surface area contributed by atoms with E-state index in [9.17, 15) is 0 Å². The Labute approximate surface area is 129 Å². The van der Waals surface area contributed by atoms with E-state index >= 15 is 0 Å². The second-order valence-electron chi connectivity index (χ2n) is 9.08. The lowest BCUT2D eigenvalue weighted by atomic mass is 9.63. The van der Waals surface area contributed by atoms with Gasteiger partial charge in [-0.3, -0.25) is 9.80 Å². The fraction of sp³-hybridized carbons (Fsp3) is 0.684. The van der Waals surface area contributed by atoms with Gasteiger partial charge in [0.05, 0.1) is 42.6 Å². The number of nitrogens with one attached hydrogen (secondary N) is 2. The van der Waals surface area contributed by atoms with Gasteiger partial charge in [-0.15, -0.1) is 0 Å². The van der Waals surface area contributed by atoms with Crippen molar-refractivity contribution in [1.29, 1.82) is 0 Å². The predicted molar refractivity (Wildman–Crippen MR) is 85.5 cm³/mol. The molecule has 4 aliphatic heterocycles. The summed E-state index contributed by atoms with van der Waals surface area (Å²) >= 11 is 0. The summed E-state index contributed by atoms with van der Waals surface area (Å²) in [6.07, 6.45) is 2.14. The molecule has 21 heavy (non-hydrogen) atoms. The van der Waals surface area contributed by atoms with Gasteiger partial charge in [-0.25, -0.2) is 0 Å². The van der Waals surface area contributed by atoms with Crippen molar-refractivity contribution in [1.82, 2.24) is 0 Å². The lowest BCUT2D eigenvalue weighted by Crippen LogP contribution is -3.40. The number of rotatable bonds is 2. The molecule has 0 radical (unpaired) electrons. The highest BCUT2D eigenvalue weighted by molar-refractivity contribution is 5.25. The molecule has 0 unspecified atom stereocenters. The molecule has 1 aromatic carbocycles. The predicted octanol–water partition coefficient (Wildman–Crippen LogP) is 1.02. The van der Waals surface area contributed by atoms with Gasteiger partial charge in [0, 0.05) is 0 Å². The quantitative estimate of drug-likeness (QED) is 0.803. The van der Waals surface area contributed by atoms with Crippen LogP contribution in [0.4, 0.5) is 0 Å². The Kier molecular flexibility index (Phi) is 2.84. The molecule has 0 saturated carbocycles. The Balaban J connectivity index is 1.65. The molecule has 4 saturated heterocycles. The summed E-state index contributed by atoms with van der Waals surface area (Å²) in [5, 5.41) is 0. The second-order valence-corrected chi connectivity index (χ2v) is 9.08. The molecule has 2 N–H and O–H groups in total. The summed E-state index contributed by atoms with van der Waals surface area (Å²) in [5.74, 6) is 0.635. The Morgan fingerprint density at radius 1 is 0.905 bits per heavy atom. The summed E-state index contributed by atoms with van der Waals surface area (Å²) < 4.78 is 0. The van der Waals surface area contributed by atoms with Gasteiger partial charge in [0.2, 0.25) is 6.17 Å². The first-order valence-electron chi connectivity index (χ1n) is 8.67. The molecule has 0 atom stereocenters. The molecule has 0 amide bonds. The van der Waals surface area contributed by atoms with Crippen LogP contribution in [0.15, 0.2) is 24.3 Å². The van der Waals surface area contributed by atoms with Crippen LogP contribution < -0.4 is 9.80 Å². The summed E-state index contributed by atoms with van der Waals surface area (Å²) in [6, 6.07) is 9.53. The molecule has 4 heterocycles. The van der Waals surface area contributed by atoms with Gasteiger partial charge in [0.1, 0.15) is 0 Å². The van der Waals surface area contributed by atoms with E-state index in [0.717, 1.165) is 0 Å². The third-order valence-electron chi connectivity index (χ3n) is 6.22. The molecule has 114 valence electrons. The molecular weight excluding hydrogens is 256 g/mol. The number of quaternary nitrogens is 2. The van der Waals surface area contributed by atoms with Crippen LogP contribution in [0.2, 0.25) is 0 Å². The van der Waals surface area contributed by atoms with E-state index in [4.69, 9.17) is 0 Å². The minimum atomic E-state index is 0.588. The molecule has 4 fully saturated rings. The van der Waals surface area contributed by atoms with Crippen LogP contribution in [0.25, 0.3) is 0 Å². The normalized spacial score (nSPS) is 44.5. The van der Waals surface area contributed by atoms with E-state index in [2.05, 4.69) is 52.0 Å². The van der Waals surface area contributed by atoms with Crippen molar-refractivity contribution in [3.63, 3.8) is 0 Å². The molecule has 5 rings (SSSR count). The van der Waals surface area contributed by atoms with Crippen LogP contribution in [-0.2, 0) is 0 Å². The maximum absolute atomic E-state index is 2.53. The Hall–Kier alpha value is -0.860. The Morgan fingerprint density at radius 2 is 1.38 bits per heavy atom. The van der Waals surface area contributed by atoms with E-state index in [1.807, 2.05) is 9.80 Å². The van der Waals surface area contributed by atoms with Crippen LogP contribution >= 0.6 is 0 Å². The van der Waals surface area contributed by atoms with Gasteiger partial charge in [0.15, 0.2) is 0 Å². The molecular formula is C19H30N2+2. The summed E-state index contributed by atoms with van der Waals surface area (Å²) in [6.45, 7) is 15.1. The minimum absolute atomic E-state index is 0.588. The number of hydrogen-bond donors (Lipinski definition) is 2. The monoisotopic (exact) mass is 286 g/mol. The highest BCUT2D eigenvalue weighted by Crippen LogP contribution is 2.39. The lowest BCUT2D eigenvalue weighted by molar-refractivity contribution is -1.18. The molecule has 4 aliphatic rings. The van der Waals surface area contributed by atoms with Gasteiger partial charge in [-0.2, -0.15) is 0 Å². The van der Waals surface area contributed by atoms with Gasteiger partial charge in [-0.1, -0.05) is 26.0 Å². The highest BCUT2D eigenvalue weighted by atomic mass is 15.4. The second kappa shape index (κ2) is 4.33. The average molecular weight is 286 g/mol. The molecule has 2 heteroatoms. The largest absolute Gasteiger partial charge is 0.281 e. The molecule has 0 aliphatic carbocycles. The Morgan fingerprint density at radius 3 is 1.81 bits per heavy atom. The zero-order chi connectivity index (χ0) is 14.8. The topological polar surface area (TPSA) is 8.88 Å². The van der Waals surface area contributed by atoms with E-state index in [1.165, 1.54) is 38.2 Å². The van der Waals surface area contributed by atoms with Crippen molar-refractivity contribution in [3.8, 4) is 0 Å². The fourth-order valence-electron chi connectivity index (χ4n) is 5.96. The zero-order valence-corrected chi connectivity index (χ0v) is 14.0. The van der Waals surface area contributed by atoms with Crippen molar-refractivity contribution in [2.24, 2.45) is 10.8 Å². The first kappa shape index (κ1) is 13.8. The first-order chi connectivity index (χ1) is 9.88. The number of hydrogen-bond acceptors (Lipinski definition) is 0. The maximum Gasteiger partial charge on any atom is 0.240 e. The standard InChI is InChI=1S/C19H28N2/c1-14(2)15-5-7-16(8-6-15)17-20-10-18(3)9-19(4,12-20)13-21(17)11-18/h5-8,14,17H,9-13H2,1-4H3/p+2. The van der Waals surface area contributed by atoms with Crippen molar-refractivity contribution in [2.75, 3.05) is 26.2 Å². The SMILES string of the molecule is CC(C)c1ccc(C2[NH+]3CC4(C)C[NH+]2CC(C)(C3)C4)cc1. The smallest absolute Gasteiger partial charge is 0.240 e. The summed E-state index contributed by atoms with van der Waals surface area (Å²) in [4.78, 5) is 3.69. The highest BCUT2D eigenvalue weighted by Gasteiger charge is 2.62. The lowest BCUT2D eigenvalue weighted by Gasteiger charge is -2.60. The van der Waals surface area contributed by atoms with Crippen LogP contribution in [-0.4, -0.2) is 26.2 Å². The van der Waals surface area contributed by atoms with Crippen molar-refractivity contribution < 1.29 is 9.80 Å². The number of benzene rings is 1. The molecule has 4 bridgehead atoms. The van der Waals surface area contributed by atoms with Crippen molar-refractivity contribution >= 4 is 0 Å². The third kappa shape index (κ3) is 2.15. The molecule has 0 spiro atoms. The van der Waals surface area contributed by atoms with Crippen LogP contribution in [0, 0.1) is 10.8 Å². The molecule has 2 nitrogen and oxygen atoms in total. The minimum Gasteiger partial charge on any atom is -0.281 e. The summed E-state index contributed by atoms with van der Waals surface area (Å²) in [7, 11) is 0. The fourth-order valence-corrected chi connectivity index (χ4v) is 5.96. The van der Waals surface area contributed by atoms with Gasteiger partial charge >= 0.3 is 0 Å². The first-order valence-corrected chi connectivity index (χ1v) is 8.67. The molecule has 1 aromatic rings. The van der Waals surface area contributed by atoms with Crippen molar-refractivity contribution in [3.05, 3.63) is 35.4 Å². The van der Waals surface area contributed by atoms with Crippen LogP contribution in [0.3, 0.4) is 0 Å². The maximum atomic E-state index is 2.53. The zero-order valence-electron chi connectivity index (χ0n) is 14.0. The number of piperidine rings is 2. The van der Waals surface area contributed by atoms with E-state index < -0.39 is 0 Å². The van der Waals surface area contributed by atoms with Crippen LogP contribution in [0.1, 0.15) is 57.3 Å². The Bertz CT molecular complexity index is 509. The van der Waals surface area contributed by atoms with Gasteiger partial charge < -0.3 is 0 Å². The van der Waals surface area contributed by atoms with E-state index in [-0.39, 0.29) is 0 Å².